The number of hydrogen-bond donors (Lipinski definition) is 0. The second kappa shape index (κ2) is 6.32. The van der Waals surface area contributed by atoms with Crippen molar-refractivity contribution in [3.05, 3.63) is 47.1 Å². The van der Waals surface area contributed by atoms with E-state index in [2.05, 4.69) is 35.5 Å². The number of aryl methyl sites for hydroxylation is 1. The fraction of sp³-hybridized carbons (Fsp3) is 0.333. The summed E-state index contributed by atoms with van der Waals surface area (Å²) < 4.78 is 3.08. The molecule has 0 aliphatic carbocycles. The number of likely N-dealkylation sites (tertiary alicyclic amines) is 1. The first-order valence-electron chi connectivity index (χ1n) is 7.66. The average molecular weight is 375 g/mol. The summed E-state index contributed by atoms with van der Waals surface area (Å²) in [6, 6.07) is 6.10. The van der Waals surface area contributed by atoms with Gasteiger partial charge in [0, 0.05) is 47.0 Å². The molecule has 5 heteroatoms. The van der Waals surface area contributed by atoms with Crippen LogP contribution in [0.2, 0.25) is 0 Å². The van der Waals surface area contributed by atoms with Crippen molar-refractivity contribution in [1.82, 2.24) is 9.47 Å². The summed E-state index contributed by atoms with van der Waals surface area (Å²) in [6.07, 6.45) is 3.82. The summed E-state index contributed by atoms with van der Waals surface area (Å²) in [7, 11) is 0. The summed E-state index contributed by atoms with van der Waals surface area (Å²) in [4.78, 5) is 25.4. The van der Waals surface area contributed by atoms with Crippen LogP contribution in [-0.4, -0.2) is 34.2 Å². The molecular formula is C18H19BrN2O2. The first-order valence-corrected chi connectivity index (χ1v) is 8.46. The molecule has 1 aromatic heterocycles. The molecule has 23 heavy (non-hydrogen) atoms. The highest BCUT2D eigenvalue weighted by Gasteiger charge is 2.30. The van der Waals surface area contributed by atoms with Crippen LogP contribution in [0, 0.1) is 12.8 Å². The standard InChI is InChI=1S/C18H19BrN2O2/c1-3-18(23)21-9-13(10-21)8-14(22)11-20-7-6-15-12(2)16(19)4-5-17(15)20/h3-7,13H,1,8-11H2,2H3. The Morgan fingerprint density at radius 3 is 2.78 bits per heavy atom. The highest BCUT2D eigenvalue weighted by atomic mass is 79.9. The molecule has 0 saturated carbocycles. The maximum absolute atomic E-state index is 12.3. The lowest BCUT2D eigenvalue weighted by atomic mass is 9.94. The molecule has 1 aliphatic heterocycles. The number of Topliss-reactive ketones (excluding diaryl/α,β-unsaturated/α-hetero) is 1. The van der Waals surface area contributed by atoms with Crippen LogP contribution in [0.25, 0.3) is 10.9 Å². The Morgan fingerprint density at radius 1 is 1.35 bits per heavy atom. The lowest BCUT2D eigenvalue weighted by molar-refractivity contribution is -0.134. The number of carbonyl (C=O) groups is 2. The molecule has 3 rings (SSSR count). The van der Waals surface area contributed by atoms with E-state index in [0.717, 1.165) is 9.99 Å². The molecule has 0 unspecified atom stereocenters. The molecule has 120 valence electrons. The quantitative estimate of drug-likeness (QED) is 0.753. The number of fused-ring (bicyclic) bond motifs is 1. The predicted octanol–water partition coefficient (Wildman–Crippen LogP) is 3.32. The van der Waals surface area contributed by atoms with Crippen LogP contribution >= 0.6 is 15.9 Å². The van der Waals surface area contributed by atoms with Gasteiger partial charge in [0.05, 0.1) is 6.54 Å². The highest BCUT2D eigenvalue weighted by Crippen LogP contribution is 2.27. The normalized spacial score (nSPS) is 14.8. The first kappa shape index (κ1) is 16.0. The van der Waals surface area contributed by atoms with Crippen molar-refractivity contribution in [3.63, 3.8) is 0 Å². The van der Waals surface area contributed by atoms with Crippen molar-refractivity contribution in [2.75, 3.05) is 13.1 Å². The molecule has 0 spiro atoms. The van der Waals surface area contributed by atoms with Crippen molar-refractivity contribution in [2.45, 2.75) is 19.9 Å². The van der Waals surface area contributed by atoms with Gasteiger partial charge in [0.2, 0.25) is 5.91 Å². The Morgan fingerprint density at radius 2 is 2.09 bits per heavy atom. The number of carbonyl (C=O) groups excluding carboxylic acids is 2. The van der Waals surface area contributed by atoms with Gasteiger partial charge in [0.1, 0.15) is 0 Å². The first-order chi connectivity index (χ1) is 11.0. The van der Waals surface area contributed by atoms with Crippen molar-refractivity contribution in [2.24, 2.45) is 5.92 Å². The van der Waals surface area contributed by atoms with Crippen LogP contribution in [0.3, 0.4) is 0 Å². The molecule has 0 atom stereocenters. The van der Waals surface area contributed by atoms with E-state index >= 15 is 0 Å². The second-order valence-corrected chi connectivity index (χ2v) is 6.96. The maximum atomic E-state index is 12.3. The van der Waals surface area contributed by atoms with Gasteiger partial charge in [-0.05, 0) is 36.8 Å². The molecule has 0 radical (unpaired) electrons. The lowest BCUT2D eigenvalue weighted by Crippen LogP contribution is -2.50. The molecule has 1 saturated heterocycles. The maximum Gasteiger partial charge on any atom is 0.245 e. The van der Waals surface area contributed by atoms with Gasteiger partial charge in [0.25, 0.3) is 0 Å². The lowest BCUT2D eigenvalue weighted by Gasteiger charge is -2.38. The minimum atomic E-state index is -0.0499. The molecule has 1 amide bonds. The summed E-state index contributed by atoms with van der Waals surface area (Å²) in [5.74, 6) is 0.439. The zero-order chi connectivity index (χ0) is 16.6. The SMILES string of the molecule is C=CC(=O)N1CC(CC(=O)Cn2ccc3c(C)c(Br)ccc32)C1. The zero-order valence-electron chi connectivity index (χ0n) is 13.1. The minimum absolute atomic E-state index is 0.0499. The number of halogens is 1. The third-order valence-electron chi connectivity index (χ3n) is 4.46. The van der Waals surface area contributed by atoms with Crippen molar-refractivity contribution in [1.29, 1.82) is 0 Å². The molecule has 1 aliphatic rings. The van der Waals surface area contributed by atoms with E-state index < -0.39 is 0 Å². The van der Waals surface area contributed by atoms with Gasteiger partial charge >= 0.3 is 0 Å². The Hall–Kier alpha value is -1.88. The van der Waals surface area contributed by atoms with Crippen LogP contribution in [0.5, 0.6) is 0 Å². The van der Waals surface area contributed by atoms with Crippen LogP contribution in [-0.2, 0) is 16.1 Å². The molecule has 2 heterocycles. The van der Waals surface area contributed by atoms with E-state index in [-0.39, 0.29) is 17.6 Å². The summed E-state index contributed by atoms with van der Waals surface area (Å²) in [6.45, 7) is 7.25. The molecule has 1 fully saturated rings. The number of benzene rings is 1. The van der Waals surface area contributed by atoms with Crippen LogP contribution < -0.4 is 0 Å². The Labute approximate surface area is 143 Å². The predicted molar refractivity (Wildman–Crippen MR) is 94.3 cm³/mol. The molecule has 4 nitrogen and oxygen atoms in total. The fourth-order valence-electron chi connectivity index (χ4n) is 3.12. The van der Waals surface area contributed by atoms with Gasteiger partial charge in [0.15, 0.2) is 5.78 Å². The molecule has 0 bridgehead atoms. The van der Waals surface area contributed by atoms with Gasteiger partial charge in [-0.2, -0.15) is 0 Å². The smallest absolute Gasteiger partial charge is 0.245 e. The number of hydrogen-bond acceptors (Lipinski definition) is 2. The van der Waals surface area contributed by atoms with Crippen molar-refractivity contribution in [3.8, 4) is 0 Å². The van der Waals surface area contributed by atoms with E-state index in [1.54, 1.807) is 4.90 Å². The Balaban J connectivity index is 1.62. The number of rotatable bonds is 5. The summed E-state index contributed by atoms with van der Waals surface area (Å²) in [5.41, 5.74) is 2.27. The van der Waals surface area contributed by atoms with Crippen LogP contribution in [0.1, 0.15) is 12.0 Å². The number of aromatic nitrogens is 1. The second-order valence-electron chi connectivity index (χ2n) is 6.10. The Kier molecular flexibility index (Phi) is 4.39. The van der Waals surface area contributed by atoms with Crippen molar-refractivity contribution < 1.29 is 9.59 Å². The average Bonchev–Trinajstić information content (AvgIpc) is 2.89. The number of amides is 1. The molecule has 2 aromatic rings. The van der Waals surface area contributed by atoms with Gasteiger partial charge in [-0.3, -0.25) is 9.59 Å². The summed E-state index contributed by atoms with van der Waals surface area (Å²) in [5, 5.41) is 1.17. The third-order valence-corrected chi connectivity index (χ3v) is 5.32. The van der Waals surface area contributed by atoms with E-state index in [9.17, 15) is 9.59 Å². The fourth-order valence-corrected chi connectivity index (χ4v) is 3.46. The molecule has 1 aromatic carbocycles. The monoisotopic (exact) mass is 374 g/mol. The number of ketones is 1. The zero-order valence-corrected chi connectivity index (χ0v) is 14.7. The van der Waals surface area contributed by atoms with E-state index in [1.165, 1.54) is 17.0 Å². The van der Waals surface area contributed by atoms with E-state index in [0.29, 0.717) is 26.1 Å². The third kappa shape index (κ3) is 3.11. The summed E-state index contributed by atoms with van der Waals surface area (Å²) >= 11 is 3.53. The topological polar surface area (TPSA) is 42.3 Å². The highest BCUT2D eigenvalue weighted by molar-refractivity contribution is 9.10. The van der Waals surface area contributed by atoms with E-state index in [1.807, 2.05) is 22.9 Å². The van der Waals surface area contributed by atoms with Gasteiger partial charge < -0.3 is 9.47 Å². The minimum Gasteiger partial charge on any atom is -0.340 e. The largest absolute Gasteiger partial charge is 0.340 e. The van der Waals surface area contributed by atoms with Crippen molar-refractivity contribution >= 4 is 38.5 Å². The number of nitrogens with zero attached hydrogens (tertiary/aromatic N) is 2. The Bertz CT molecular complexity index is 788. The molecule has 0 N–H and O–H groups in total. The van der Waals surface area contributed by atoms with Gasteiger partial charge in [-0.25, -0.2) is 0 Å². The van der Waals surface area contributed by atoms with Gasteiger partial charge in [-0.15, -0.1) is 0 Å². The van der Waals surface area contributed by atoms with Crippen LogP contribution in [0.4, 0.5) is 0 Å². The van der Waals surface area contributed by atoms with Crippen LogP contribution in [0.15, 0.2) is 41.5 Å². The van der Waals surface area contributed by atoms with E-state index in [4.69, 9.17) is 0 Å². The van der Waals surface area contributed by atoms with Gasteiger partial charge in [-0.1, -0.05) is 22.5 Å². The molecular weight excluding hydrogens is 356 g/mol.